The summed E-state index contributed by atoms with van der Waals surface area (Å²) in [6.07, 6.45) is 0. The average molecular weight is 528 g/mol. The Bertz CT molecular complexity index is 1360. The molecule has 0 atom stereocenters. The number of esters is 1. The van der Waals surface area contributed by atoms with Crippen LogP contribution in [0.4, 0.5) is 11.6 Å². The Morgan fingerprint density at radius 2 is 1.91 bits per heavy atom. The highest BCUT2D eigenvalue weighted by atomic mass is 35.5. The van der Waals surface area contributed by atoms with Gasteiger partial charge in [-0.3, -0.25) is 4.79 Å². The number of anilines is 2. The molecule has 2 aromatic heterocycles. The van der Waals surface area contributed by atoms with Crippen molar-refractivity contribution in [3.63, 3.8) is 0 Å². The SMILES string of the molecule is COC(=O)COc1c(C)cc(C)c(NC(=O)c2sccc2S(=O)(=O)Nc2onc(C)c2Cl)c1C. The van der Waals surface area contributed by atoms with Crippen molar-refractivity contribution in [1.29, 1.82) is 0 Å². The number of methoxy groups -OCH3 is 1. The van der Waals surface area contributed by atoms with Gasteiger partial charge in [0.15, 0.2) is 6.61 Å². The molecule has 3 aromatic rings. The number of rotatable bonds is 8. The van der Waals surface area contributed by atoms with E-state index in [0.717, 1.165) is 22.5 Å². The molecule has 1 aromatic carbocycles. The van der Waals surface area contributed by atoms with Gasteiger partial charge >= 0.3 is 5.97 Å². The second-order valence-corrected chi connectivity index (χ2v) is 10.2. The van der Waals surface area contributed by atoms with Crippen molar-refractivity contribution in [3.8, 4) is 5.75 Å². The van der Waals surface area contributed by atoms with E-state index in [-0.39, 0.29) is 27.3 Å². The Hall–Kier alpha value is -3.09. The number of sulfonamides is 1. The van der Waals surface area contributed by atoms with Gasteiger partial charge in [-0.15, -0.1) is 11.3 Å². The molecule has 0 radical (unpaired) electrons. The minimum atomic E-state index is -4.20. The lowest BCUT2D eigenvalue weighted by molar-refractivity contribution is -0.142. The standard InChI is InChI=1S/C21H22ClN3O7S2/c1-10-8-11(2)18(31-9-15(26)30-5)12(3)17(10)23-20(27)19-14(6-7-33-19)34(28,29)25-21-16(22)13(4)24-32-21/h6-8,25H,9H2,1-5H3,(H,23,27). The van der Waals surface area contributed by atoms with Crippen LogP contribution < -0.4 is 14.8 Å². The molecule has 0 unspecified atom stereocenters. The van der Waals surface area contributed by atoms with Crippen molar-refractivity contribution in [3.05, 3.63) is 49.8 Å². The molecule has 0 aliphatic rings. The number of carbonyl (C=O) groups is 2. The van der Waals surface area contributed by atoms with Gasteiger partial charge in [-0.25, -0.2) is 17.9 Å². The molecule has 13 heteroatoms. The number of aromatic nitrogens is 1. The van der Waals surface area contributed by atoms with E-state index in [1.165, 1.54) is 18.6 Å². The van der Waals surface area contributed by atoms with Crippen LogP contribution in [0.2, 0.25) is 5.02 Å². The maximum atomic E-state index is 13.1. The Morgan fingerprint density at radius 1 is 1.21 bits per heavy atom. The maximum absolute atomic E-state index is 13.1. The predicted octanol–water partition coefficient (Wildman–Crippen LogP) is 4.23. The Kier molecular flexibility index (Phi) is 7.54. The molecule has 34 heavy (non-hydrogen) atoms. The Morgan fingerprint density at radius 3 is 2.53 bits per heavy atom. The van der Waals surface area contributed by atoms with Gasteiger partial charge in [0, 0.05) is 5.56 Å². The first kappa shape index (κ1) is 25.5. The van der Waals surface area contributed by atoms with Gasteiger partial charge < -0.3 is 19.3 Å². The van der Waals surface area contributed by atoms with Gasteiger partial charge in [0.25, 0.3) is 21.8 Å². The molecule has 3 rings (SSSR count). The predicted molar refractivity (Wildman–Crippen MR) is 127 cm³/mol. The lowest BCUT2D eigenvalue weighted by atomic mass is 10.0. The van der Waals surface area contributed by atoms with Gasteiger partial charge in [-0.1, -0.05) is 22.8 Å². The topological polar surface area (TPSA) is 137 Å². The highest BCUT2D eigenvalue weighted by Crippen LogP contribution is 2.34. The van der Waals surface area contributed by atoms with Crippen LogP contribution in [0.15, 0.2) is 26.9 Å². The van der Waals surface area contributed by atoms with Crippen LogP contribution >= 0.6 is 22.9 Å². The summed E-state index contributed by atoms with van der Waals surface area (Å²) >= 11 is 6.96. The highest BCUT2D eigenvalue weighted by molar-refractivity contribution is 7.93. The third kappa shape index (κ3) is 5.18. The van der Waals surface area contributed by atoms with Crippen LogP contribution in [0.25, 0.3) is 0 Å². The summed E-state index contributed by atoms with van der Waals surface area (Å²) in [5.41, 5.74) is 2.83. The van der Waals surface area contributed by atoms with E-state index in [0.29, 0.717) is 22.7 Å². The van der Waals surface area contributed by atoms with Crippen LogP contribution in [0.5, 0.6) is 5.75 Å². The molecule has 2 heterocycles. The summed E-state index contributed by atoms with van der Waals surface area (Å²) in [7, 11) is -2.94. The molecule has 0 saturated carbocycles. The van der Waals surface area contributed by atoms with Crippen LogP contribution in [0, 0.1) is 27.7 Å². The number of carbonyl (C=O) groups excluding carboxylic acids is 2. The maximum Gasteiger partial charge on any atom is 0.343 e. The lowest BCUT2D eigenvalue weighted by Crippen LogP contribution is -2.19. The van der Waals surface area contributed by atoms with Gasteiger partial charge in [-0.2, -0.15) is 0 Å². The van der Waals surface area contributed by atoms with E-state index in [4.69, 9.17) is 20.9 Å². The molecular formula is C21H22ClN3O7S2. The molecule has 0 fully saturated rings. The summed E-state index contributed by atoms with van der Waals surface area (Å²) in [6.45, 7) is 6.59. The summed E-state index contributed by atoms with van der Waals surface area (Å²) in [4.78, 5) is 24.3. The summed E-state index contributed by atoms with van der Waals surface area (Å²) in [6, 6.07) is 3.09. The first-order valence-corrected chi connectivity index (χ1v) is 12.5. The molecule has 2 N–H and O–H groups in total. The number of halogens is 1. The van der Waals surface area contributed by atoms with E-state index in [1.54, 1.807) is 26.8 Å². The normalized spacial score (nSPS) is 11.2. The fourth-order valence-corrected chi connectivity index (χ4v) is 5.71. The molecule has 0 saturated heterocycles. The fraction of sp³-hybridized carbons (Fsp3) is 0.286. The van der Waals surface area contributed by atoms with Crippen molar-refractivity contribution in [1.82, 2.24) is 5.16 Å². The Labute approximate surface area is 205 Å². The molecule has 0 spiro atoms. The first-order chi connectivity index (χ1) is 16.0. The largest absolute Gasteiger partial charge is 0.481 e. The minimum Gasteiger partial charge on any atom is -0.481 e. The minimum absolute atomic E-state index is 0.0233. The van der Waals surface area contributed by atoms with Gasteiger partial charge in [0.05, 0.1) is 12.8 Å². The second kappa shape index (κ2) is 10.0. The molecule has 10 nitrogen and oxygen atoms in total. The van der Waals surface area contributed by atoms with Crippen LogP contribution in [0.3, 0.4) is 0 Å². The van der Waals surface area contributed by atoms with Crippen LogP contribution in [-0.4, -0.2) is 39.2 Å². The quantitative estimate of drug-likeness (QED) is 0.415. The van der Waals surface area contributed by atoms with Crippen molar-refractivity contribution < 1.29 is 32.0 Å². The molecule has 0 aliphatic heterocycles. The molecular weight excluding hydrogens is 506 g/mol. The average Bonchev–Trinajstić information content (AvgIpc) is 3.39. The Balaban J connectivity index is 1.90. The number of hydrogen-bond donors (Lipinski definition) is 2. The van der Waals surface area contributed by atoms with Gasteiger partial charge in [-0.05, 0) is 50.3 Å². The van der Waals surface area contributed by atoms with E-state index in [1.807, 2.05) is 6.92 Å². The molecule has 182 valence electrons. The fourth-order valence-electron chi connectivity index (χ4n) is 3.22. The third-order valence-electron chi connectivity index (χ3n) is 4.84. The highest BCUT2D eigenvalue weighted by Gasteiger charge is 2.27. The summed E-state index contributed by atoms with van der Waals surface area (Å²) in [5, 5.41) is 7.88. The van der Waals surface area contributed by atoms with Crippen LogP contribution in [0.1, 0.15) is 32.1 Å². The number of benzene rings is 1. The van der Waals surface area contributed by atoms with E-state index in [9.17, 15) is 18.0 Å². The van der Waals surface area contributed by atoms with Crippen LogP contribution in [-0.2, 0) is 19.6 Å². The van der Waals surface area contributed by atoms with Crippen molar-refractivity contribution in [2.75, 3.05) is 23.8 Å². The van der Waals surface area contributed by atoms with Gasteiger partial charge in [0.2, 0.25) is 0 Å². The number of ether oxygens (including phenoxy) is 2. The number of amides is 1. The second-order valence-electron chi connectivity index (χ2n) is 7.29. The van der Waals surface area contributed by atoms with Crippen molar-refractivity contribution in [2.45, 2.75) is 32.6 Å². The van der Waals surface area contributed by atoms with Gasteiger partial charge in [0.1, 0.15) is 26.2 Å². The van der Waals surface area contributed by atoms with E-state index < -0.39 is 21.9 Å². The number of hydrogen-bond acceptors (Lipinski definition) is 9. The summed E-state index contributed by atoms with van der Waals surface area (Å²) in [5.74, 6) is -1.01. The number of nitrogens with zero attached hydrogens (tertiary/aromatic N) is 1. The monoisotopic (exact) mass is 527 g/mol. The third-order valence-corrected chi connectivity index (χ3v) is 7.71. The van der Waals surface area contributed by atoms with E-state index >= 15 is 0 Å². The first-order valence-electron chi connectivity index (χ1n) is 9.80. The number of aryl methyl sites for hydroxylation is 3. The molecule has 1 amide bonds. The lowest BCUT2D eigenvalue weighted by Gasteiger charge is -2.18. The molecule has 0 bridgehead atoms. The summed E-state index contributed by atoms with van der Waals surface area (Å²) < 4.78 is 43.2. The van der Waals surface area contributed by atoms with Crippen molar-refractivity contribution in [2.24, 2.45) is 0 Å². The zero-order valence-corrected chi connectivity index (χ0v) is 21.3. The zero-order chi connectivity index (χ0) is 25.2. The van der Waals surface area contributed by atoms with Crippen molar-refractivity contribution >= 4 is 56.4 Å². The molecule has 0 aliphatic carbocycles. The zero-order valence-electron chi connectivity index (χ0n) is 18.9. The smallest absolute Gasteiger partial charge is 0.343 e. The number of thiophene rings is 1. The van der Waals surface area contributed by atoms with E-state index in [2.05, 4.69) is 19.9 Å². The number of nitrogens with one attached hydrogen (secondary N) is 2.